The van der Waals surface area contributed by atoms with Gasteiger partial charge in [-0.3, -0.25) is 0 Å². The van der Waals surface area contributed by atoms with E-state index in [-0.39, 0.29) is 18.0 Å². The number of aryl methyl sites for hydroxylation is 1. The van der Waals surface area contributed by atoms with Crippen molar-refractivity contribution in [2.45, 2.75) is 39.7 Å². The van der Waals surface area contributed by atoms with Crippen molar-refractivity contribution in [2.75, 3.05) is 5.32 Å². The number of anilines is 1. The molecule has 2 aromatic carbocycles. The summed E-state index contributed by atoms with van der Waals surface area (Å²) in [6.07, 6.45) is 0. The smallest absolute Gasteiger partial charge is 0.319 e. The molecule has 140 valence electrons. The molecule has 1 aromatic heterocycles. The predicted molar refractivity (Wildman–Crippen MR) is 105 cm³/mol. The van der Waals surface area contributed by atoms with Crippen LogP contribution in [0.2, 0.25) is 0 Å². The molecule has 2 N–H and O–H groups in total. The van der Waals surface area contributed by atoms with Crippen LogP contribution in [-0.4, -0.2) is 26.2 Å². The average Bonchev–Trinajstić information content (AvgIpc) is 3.09. The third-order valence-electron chi connectivity index (χ3n) is 4.23. The Balaban J connectivity index is 1.60. The van der Waals surface area contributed by atoms with Crippen molar-refractivity contribution in [2.24, 2.45) is 0 Å². The second-order valence-corrected chi connectivity index (χ2v) is 7.48. The second kappa shape index (κ2) is 7.57. The highest BCUT2D eigenvalue weighted by Gasteiger charge is 2.13. The van der Waals surface area contributed by atoms with Gasteiger partial charge in [-0.05, 0) is 52.6 Å². The summed E-state index contributed by atoms with van der Waals surface area (Å²) in [5.41, 5.74) is 4.03. The summed E-state index contributed by atoms with van der Waals surface area (Å²) in [5.74, 6) is 0.553. The van der Waals surface area contributed by atoms with Crippen LogP contribution in [0.3, 0.4) is 0 Å². The van der Waals surface area contributed by atoms with Gasteiger partial charge in [0.05, 0.1) is 12.2 Å². The molecule has 0 spiro atoms. The second-order valence-electron chi connectivity index (χ2n) is 7.48. The van der Waals surface area contributed by atoms with E-state index in [4.69, 9.17) is 0 Å². The van der Waals surface area contributed by atoms with Crippen LogP contribution >= 0.6 is 0 Å². The number of urea groups is 1. The average molecular weight is 364 g/mol. The van der Waals surface area contributed by atoms with Gasteiger partial charge in [-0.1, -0.05) is 50.6 Å². The van der Waals surface area contributed by atoms with Crippen molar-refractivity contribution in [3.63, 3.8) is 0 Å². The number of tetrazole rings is 1. The number of aromatic nitrogens is 4. The summed E-state index contributed by atoms with van der Waals surface area (Å²) in [6, 6.07) is 15.4. The zero-order valence-electron chi connectivity index (χ0n) is 16.0. The molecule has 2 amide bonds. The summed E-state index contributed by atoms with van der Waals surface area (Å²) in [6.45, 7) is 8.69. The van der Waals surface area contributed by atoms with Gasteiger partial charge < -0.3 is 10.6 Å². The van der Waals surface area contributed by atoms with Crippen molar-refractivity contribution in [1.29, 1.82) is 0 Å². The van der Waals surface area contributed by atoms with Crippen LogP contribution in [0.5, 0.6) is 0 Å². The van der Waals surface area contributed by atoms with Crippen LogP contribution in [0.1, 0.15) is 37.7 Å². The molecule has 0 aliphatic rings. The van der Waals surface area contributed by atoms with Crippen molar-refractivity contribution < 1.29 is 4.79 Å². The maximum absolute atomic E-state index is 12.2. The highest BCUT2D eigenvalue weighted by molar-refractivity contribution is 5.89. The topological polar surface area (TPSA) is 84.7 Å². The van der Waals surface area contributed by atoms with Gasteiger partial charge in [-0.15, -0.1) is 5.10 Å². The Labute approximate surface area is 158 Å². The summed E-state index contributed by atoms with van der Waals surface area (Å²) in [5, 5.41) is 17.3. The Morgan fingerprint density at radius 2 is 1.70 bits per heavy atom. The molecule has 1 heterocycles. The number of nitrogens with zero attached hydrogens (tertiary/aromatic N) is 4. The van der Waals surface area contributed by atoms with Crippen LogP contribution < -0.4 is 10.6 Å². The number of carbonyl (C=O) groups excluding carboxylic acids is 1. The molecule has 0 bridgehead atoms. The standard InChI is InChI=1S/C20H24N6O/c1-14-5-11-17(12-6-14)26-18(23-24-25-26)13-21-19(27)22-16-9-7-15(8-10-16)20(2,3)4/h5-12H,13H2,1-4H3,(H2,21,22,27). The van der Waals surface area contributed by atoms with E-state index in [1.54, 1.807) is 4.68 Å². The Morgan fingerprint density at radius 1 is 1.04 bits per heavy atom. The minimum atomic E-state index is -0.308. The molecular weight excluding hydrogens is 340 g/mol. The first-order valence-corrected chi connectivity index (χ1v) is 8.82. The minimum absolute atomic E-state index is 0.0772. The lowest BCUT2D eigenvalue weighted by molar-refractivity contribution is 0.251. The Bertz CT molecular complexity index is 907. The zero-order chi connectivity index (χ0) is 19.4. The highest BCUT2D eigenvalue weighted by atomic mass is 16.2. The third kappa shape index (κ3) is 4.69. The lowest BCUT2D eigenvalue weighted by atomic mass is 9.87. The molecule has 0 fully saturated rings. The molecule has 27 heavy (non-hydrogen) atoms. The van der Waals surface area contributed by atoms with Crippen LogP contribution in [0.25, 0.3) is 5.69 Å². The molecule has 0 atom stereocenters. The fourth-order valence-electron chi connectivity index (χ4n) is 2.59. The van der Waals surface area contributed by atoms with Gasteiger partial charge in [0.25, 0.3) is 0 Å². The monoisotopic (exact) mass is 364 g/mol. The van der Waals surface area contributed by atoms with E-state index in [9.17, 15) is 4.79 Å². The minimum Gasteiger partial charge on any atom is -0.330 e. The summed E-state index contributed by atoms with van der Waals surface area (Å²) >= 11 is 0. The maximum Gasteiger partial charge on any atom is 0.319 e. The van der Waals surface area contributed by atoms with Gasteiger partial charge in [-0.25, -0.2) is 4.79 Å². The van der Waals surface area contributed by atoms with E-state index in [0.717, 1.165) is 16.9 Å². The quantitative estimate of drug-likeness (QED) is 0.741. The number of amides is 2. The van der Waals surface area contributed by atoms with Crippen LogP contribution in [-0.2, 0) is 12.0 Å². The molecule has 0 saturated carbocycles. The van der Waals surface area contributed by atoms with Gasteiger partial charge in [-0.2, -0.15) is 4.68 Å². The van der Waals surface area contributed by atoms with Crippen molar-refractivity contribution in [3.05, 3.63) is 65.5 Å². The van der Waals surface area contributed by atoms with Crippen LogP contribution in [0.15, 0.2) is 48.5 Å². The molecule has 0 aliphatic carbocycles. The van der Waals surface area contributed by atoms with Crippen LogP contribution in [0.4, 0.5) is 10.5 Å². The molecule has 7 nitrogen and oxygen atoms in total. The number of hydrogen-bond acceptors (Lipinski definition) is 4. The number of hydrogen-bond donors (Lipinski definition) is 2. The van der Waals surface area contributed by atoms with Crippen LogP contribution in [0, 0.1) is 6.92 Å². The molecule has 0 radical (unpaired) electrons. The van der Waals surface area contributed by atoms with Gasteiger partial charge >= 0.3 is 6.03 Å². The molecule has 3 aromatic rings. The molecule has 3 rings (SSSR count). The number of benzene rings is 2. The maximum atomic E-state index is 12.2. The van der Waals surface area contributed by atoms with Gasteiger partial charge in [0.1, 0.15) is 0 Å². The van der Waals surface area contributed by atoms with E-state index < -0.39 is 0 Å². The Kier molecular flexibility index (Phi) is 5.21. The fraction of sp³-hybridized carbons (Fsp3) is 0.300. The van der Waals surface area contributed by atoms with E-state index in [2.05, 4.69) is 46.9 Å². The molecular formula is C20H24N6O. The number of nitrogens with one attached hydrogen (secondary N) is 2. The van der Waals surface area contributed by atoms with Crippen molar-refractivity contribution >= 4 is 11.7 Å². The van der Waals surface area contributed by atoms with E-state index in [1.807, 2.05) is 55.5 Å². The van der Waals surface area contributed by atoms with Gasteiger partial charge in [0.15, 0.2) is 5.82 Å². The van der Waals surface area contributed by atoms with Crippen molar-refractivity contribution in [3.8, 4) is 5.69 Å². The molecule has 7 heteroatoms. The van der Waals surface area contributed by atoms with E-state index >= 15 is 0 Å². The lowest BCUT2D eigenvalue weighted by Gasteiger charge is -2.19. The largest absolute Gasteiger partial charge is 0.330 e. The SMILES string of the molecule is Cc1ccc(-n2nnnc2CNC(=O)Nc2ccc(C(C)(C)C)cc2)cc1. The third-order valence-corrected chi connectivity index (χ3v) is 4.23. The predicted octanol–water partition coefficient (Wildman–Crippen LogP) is 3.59. The number of carbonyl (C=O) groups is 1. The Morgan fingerprint density at radius 3 is 2.33 bits per heavy atom. The molecule has 0 unspecified atom stereocenters. The van der Waals surface area contributed by atoms with Gasteiger partial charge in [0.2, 0.25) is 0 Å². The number of rotatable bonds is 4. The van der Waals surface area contributed by atoms with E-state index in [0.29, 0.717) is 5.82 Å². The molecule has 0 aliphatic heterocycles. The summed E-state index contributed by atoms with van der Waals surface area (Å²) in [7, 11) is 0. The first kappa shape index (κ1) is 18.6. The Hall–Kier alpha value is -3.22. The van der Waals surface area contributed by atoms with E-state index in [1.165, 1.54) is 5.56 Å². The molecule has 0 saturated heterocycles. The van der Waals surface area contributed by atoms with Gasteiger partial charge in [0, 0.05) is 5.69 Å². The summed E-state index contributed by atoms with van der Waals surface area (Å²) < 4.78 is 1.61. The zero-order valence-corrected chi connectivity index (χ0v) is 16.0. The summed E-state index contributed by atoms with van der Waals surface area (Å²) in [4.78, 5) is 12.2. The highest BCUT2D eigenvalue weighted by Crippen LogP contribution is 2.23. The lowest BCUT2D eigenvalue weighted by Crippen LogP contribution is -2.29. The fourth-order valence-corrected chi connectivity index (χ4v) is 2.59. The van der Waals surface area contributed by atoms with Crippen molar-refractivity contribution in [1.82, 2.24) is 25.5 Å². The normalized spacial score (nSPS) is 11.3. The first-order chi connectivity index (χ1) is 12.8. The first-order valence-electron chi connectivity index (χ1n) is 8.82.